The lowest BCUT2D eigenvalue weighted by Gasteiger charge is -2.04. The summed E-state index contributed by atoms with van der Waals surface area (Å²) >= 11 is 5.51. The van der Waals surface area contributed by atoms with Gasteiger partial charge in [0.25, 0.3) is 0 Å². The van der Waals surface area contributed by atoms with E-state index in [2.05, 4.69) is 4.98 Å². The van der Waals surface area contributed by atoms with Crippen LogP contribution < -0.4 is 0 Å². The molecule has 0 fully saturated rings. The Balaban J connectivity index is 2.45. The second kappa shape index (κ2) is 4.49. The lowest BCUT2D eigenvalue weighted by Crippen LogP contribution is -2.09. The van der Waals surface area contributed by atoms with Crippen molar-refractivity contribution in [1.29, 1.82) is 0 Å². The minimum absolute atomic E-state index is 0.0426. The molecule has 0 N–H and O–H groups in total. The van der Waals surface area contributed by atoms with Crippen molar-refractivity contribution in [1.82, 2.24) is 9.55 Å². The maximum atomic E-state index is 11.5. The Hall–Kier alpha value is -1.61. The first kappa shape index (κ1) is 10.9. The van der Waals surface area contributed by atoms with Crippen LogP contribution in [0.3, 0.4) is 0 Å². The SMILES string of the molecule is Cn1c(-c2ccccc2)cnc1C(=O)CCl. The highest BCUT2D eigenvalue weighted by molar-refractivity contribution is 6.30. The van der Waals surface area contributed by atoms with Crippen LogP contribution in [0.25, 0.3) is 11.3 Å². The number of nitrogens with zero attached hydrogens (tertiary/aromatic N) is 2. The third-order valence-corrected chi connectivity index (χ3v) is 2.67. The fourth-order valence-electron chi connectivity index (χ4n) is 1.61. The molecule has 0 unspecified atom stereocenters. The summed E-state index contributed by atoms with van der Waals surface area (Å²) < 4.78 is 1.76. The molecule has 16 heavy (non-hydrogen) atoms. The molecule has 1 heterocycles. The normalized spacial score (nSPS) is 10.4. The summed E-state index contributed by atoms with van der Waals surface area (Å²) in [6, 6.07) is 9.80. The first-order valence-electron chi connectivity index (χ1n) is 4.90. The van der Waals surface area contributed by atoms with Crippen molar-refractivity contribution in [3.05, 3.63) is 42.4 Å². The van der Waals surface area contributed by atoms with E-state index in [-0.39, 0.29) is 11.7 Å². The molecule has 2 rings (SSSR count). The summed E-state index contributed by atoms with van der Waals surface area (Å²) in [6.45, 7) is 0. The number of aromatic nitrogens is 2. The number of carbonyl (C=O) groups is 1. The molecular formula is C12H11ClN2O. The number of halogens is 1. The average molecular weight is 235 g/mol. The summed E-state index contributed by atoms with van der Waals surface area (Å²) in [6.07, 6.45) is 1.69. The van der Waals surface area contributed by atoms with Crippen LogP contribution in [0.2, 0.25) is 0 Å². The first-order valence-corrected chi connectivity index (χ1v) is 5.44. The van der Waals surface area contributed by atoms with Gasteiger partial charge in [0.2, 0.25) is 5.78 Å². The van der Waals surface area contributed by atoms with Gasteiger partial charge in [-0.05, 0) is 5.56 Å². The van der Waals surface area contributed by atoms with Crippen molar-refractivity contribution >= 4 is 17.4 Å². The molecule has 82 valence electrons. The van der Waals surface area contributed by atoms with Crippen LogP contribution >= 0.6 is 11.6 Å². The van der Waals surface area contributed by atoms with E-state index in [1.807, 2.05) is 37.4 Å². The van der Waals surface area contributed by atoms with Gasteiger partial charge in [0.05, 0.1) is 17.8 Å². The van der Waals surface area contributed by atoms with Gasteiger partial charge in [-0.1, -0.05) is 30.3 Å². The third-order valence-electron chi connectivity index (χ3n) is 2.43. The summed E-state index contributed by atoms with van der Waals surface area (Å²) in [7, 11) is 1.81. The van der Waals surface area contributed by atoms with Gasteiger partial charge in [0.15, 0.2) is 5.82 Å². The van der Waals surface area contributed by atoms with Crippen LogP contribution in [0.15, 0.2) is 36.5 Å². The van der Waals surface area contributed by atoms with Crippen LogP contribution in [-0.4, -0.2) is 21.2 Å². The van der Waals surface area contributed by atoms with Gasteiger partial charge in [-0.15, -0.1) is 11.6 Å². The van der Waals surface area contributed by atoms with Crippen LogP contribution in [0.5, 0.6) is 0 Å². The highest BCUT2D eigenvalue weighted by Gasteiger charge is 2.13. The van der Waals surface area contributed by atoms with Gasteiger partial charge in [0, 0.05) is 7.05 Å². The maximum Gasteiger partial charge on any atom is 0.212 e. The molecule has 4 heteroatoms. The van der Waals surface area contributed by atoms with Gasteiger partial charge in [0.1, 0.15) is 0 Å². The molecule has 0 aliphatic carbocycles. The summed E-state index contributed by atoms with van der Waals surface area (Å²) in [5, 5.41) is 0. The van der Waals surface area contributed by atoms with Crippen molar-refractivity contribution in [2.24, 2.45) is 7.05 Å². The Morgan fingerprint density at radius 1 is 1.38 bits per heavy atom. The van der Waals surface area contributed by atoms with Crippen molar-refractivity contribution in [3.8, 4) is 11.3 Å². The Bertz CT molecular complexity index is 505. The third kappa shape index (κ3) is 1.86. The Morgan fingerprint density at radius 3 is 2.69 bits per heavy atom. The van der Waals surface area contributed by atoms with E-state index in [1.165, 1.54) is 0 Å². The average Bonchev–Trinajstić information content (AvgIpc) is 2.71. The number of hydrogen-bond acceptors (Lipinski definition) is 2. The molecule has 1 aromatic heterocycles. The Kier molecular flexibility index (Phi) is 3.06. The van der Waals surface area contributed by atoms with Gasteiger partial charge in [-0.3, -0.25) is 4.79 Å². The Morgan fingerprint density at radius 2 is 2.06 bits per heavy atom. The number of hydrogen-bond donors (Lipinski definition) is 0. The second-order valence-electron chi connectivity index (χ2n) is 3.45. The van der Waals surface area contributed by atoms with E-state index in [9.17, 15) is 4.79 Å². The highest BCUT2D eigenvalue weighted by atomic mass is 35.5. The molecule has 0 radical (unpaired) electrons. The zero-order valence-electron chi connectivity index (χ0n) is 8.85. The molecule has 2 aromatic rings. The summed E-state index contributed by atoms with van der Waals surface area (Å²) in [4.78, 5) is 15.6. The summed E-state index contributed by atoms with van der Waals surface area (Å²) in [5.41, 5.74) is 1.94. The second-order valence-corrected chi connectivity index (χ2v) is 3.72. The highest BCUT2D eigenvalue weighted by Crippen LogP contribution is 2.19. The molecular weight excluding hydrogens is 224 g/mol. The van der Waals surface area contributed by atoms with Crippen molar-refractivity contribution < 1.29 is 4.79 Å². The van der Waals surface area contributed by atoms with Gasteiger partial charge < -0.3 is 4.57 Å². The zero-order chi connectivity index (χ0) is 11.5. The van der Waals surface area contributed by atoms with Crippen LogP contribution in [-0.2, 0) is 7.05 Å². The van der Waals surface area contributed by atoms with E-state index in [0.717, 1.165) is 11.3 Å². The molecule has 0 saturated carbocycles. The van der Waals surface area contributed by atoms with Crippen LogP contribution in [0.4, 0.5) is 0 Å². The number of Topliss-reactive ketones (excluding diaryl/α,β-unsaturated/α-hetero) is 1. The van der Waals surface area contributed by atoms with Gasteiger partial charge >= 0.3 is 0 Å². The molecule has 3 nitrogen and oxygen atoms in total. The molecule has 0 amide bonds. The predicted molar refractivity (Wildman–Crippen MR) is 63.7 cm³/mol. The standard InChI is InChI=1S/C12H11ClN2O/c1-15-10(9-5-3-2-4-6-9)8-14-12(15)11(16)7-13/h2-6,8H,7H2,1H3. The molecule has 0 atom stereocenters. The molecule has 0 aliphatic rings. The number of benzene rings is 1. The molecule has 0 aliphatic heterocycles. The largest absolute Gasteiger partial charge is 0.325 e. The fraction of sp³-hybridized carbons (Fsp3) is 0.167. The molecule has 0 spiro atoms. The maximum absolute atomic E-state index is 11.5. The van der Waals surface area contributed by atoms with E-state index in [1.54, 1.807) is 10.8 Å². The quantitative estimate of drug-likeness (QED) is 0.604. The fourth-order valence-corrected chi connectivity index (χ4v) is 1.73. The molecule has 0 bridgehead atoms. The van der Waals surface area contributed by atoms with Crippen molar-refractivity contribution in [3.63, 3.8) is 0 Å². The summed E-state index contributed by atoms with van der Waals surface area (Å²) in [5.74, 6) is 0.194. The van der Waals surface area contributed by atoms with Gasteiger partial charge in [-0.25, -0.2) is 4.98 Å². The lowest BCUT2D eigenvalue weighted by molar-refractivity contribution is 0.100. The topological polar surface area (TPSA) is 34.9 Å². The smallest absolute Gasteiger partial charge is 0.212 e. The zero-order valence-corrected chi connectivity index (χ0v) is 9.61. The molecule has 1 aromatic carbocycles. The van der Waals surface area contributed by atoms with E-state index < -0.39 is 0 Å². The van der Waals surface area contributed by atoms with Crippen LogP contribution in [0.1, 0.15) is 10.6 Å². The van der Waals surface area contributed by atoms with Crippen molar-refractivity contribution in [2.75, 3.05) is 5.88 Å². The number of rotatable bonds is 3. The Labute approximate surface area is 98.7 Å². The molecule has 0 saturated heterocycles. The first-order chi connectivity index (χ1) is 7.74. The van der Waals surface area contributed by atoms with E-state index in [0.29, 0.717) is 5.82 Å². The predicted octanol–water partition coefficient (Wildman–Crippen LogP) is 2.51. The van der Waals surface area contributed by atoms with Crippen LogP contribution in [0, 0.1) is 0 Å². The number of alkyl halides is 1. The van der Waals surface area contributed by atoms with Gasteiger partial charge in [-0.2, -0.15) is 0 Å². The lowest BCUT2D eigenvalue weighted by atomic mass is 10.2. The number of carbonyl (C=O) groups excluding carboxylic acids is 1. The monoisotopic (exact) mass is 234 g/mol. The number of ketones is 1. The number of imidazole rings is 1. The van der Waals surface area contributed by atoms with Crippen molar-refractivity contribution in [2.45, 2.75) is 0 Å². The minimum Gasteiger partial charge on any atom is -0.325 e. The minimum atomic E-state index is -0.161. The van der Waals surface area contributed by atoms with E-state index in [4.69, 9.17) is 11.6 Å². The van der Waals surface area contributed by atoms with E-state index >= 15 is 0 Å².